The molecule has 6 heteroatoms. The highest BCUT2D eigenvalue weighted by Crippen LogP contribution is 2.19. The van der Waals surface area contributed by atoms with Gasteiger partial charge < -0.3 is 4.90 Å². The normalized spacial score (nSPS) is 20.0. The van der Waals surface area contributed by atoms with Crippen molar-refractivity contribution >= 4 is 27.3 Å². The van der Waals surface area contributed by atoms with Crippen LogP contribution in [0.25, 0.3) is 0 Å². The van der Waals surface area contributed by atoms with Gasteiger partial charge in [0.15, 0.2) is 9.84 Å². The van der Waals surface area contributed by atoms with Crippen molar-refractivity contribution in [1.29, 1.82) is 0 Å². The monoisotopic (exact) mass is 343 g/mol. The average Bonchev–Trinajstić information content (AvgIpc) is 2.80. The minimum Gasteiger partial charge on any atom is -0.345 e. The first-order chi connectivity index (χ1) is 10.4. The summed E-state index contributed by atoms with van der Waals surface area (Å²) in [7, 11) is -1.11. The van der Waals surface area contributed by atoms with Gasteiger partial charge in [0.2, 0.25) is 5.91 Å². The number of hydrogen-bond donors (Lipinski definition) is 0. The summed E-state index contributed by atoms with van der Waals surface area (Å²) in [6.45, 7) is 0.541. The van der Waals surface area contributed by atoms with E-state index in [2.05, 4.69) is 0 Å². The zero-order valence-corrected chi connectivity index (χ0v) is 14.4. The fourth-order valence-electron chi connectivity index (χ4n) is 2.79. The Bertz CT molecular complexity index is 613. The lowest BCUT2D eigenvalue weighted by Gasteiger charge is -2.20. The van der Waals surface area contributed by atoms with E-state index in [0.717, 1.165) is 12.8 Å². The molecule has 1 aromatic carbocycles. The molecule has 0 spiro atoms. The Hall–Kier alpha value is -1.07. The number of carbonyl (C=O) groups excluding carboxylic acids is 1. The molecule has 22 heavy (non-hydrogen) atoms. The van der Waals surface area contributed by atoms with E-state index >= 15 is 0 Å². The zero-order chi connectivity index (χ0) is 16.2. The van der Waals surface area contributed by atoms with E-state index in [9.17, 15) is 13.2 Å². The van der Waals surface area contributed by atoms with Gasteiger partial charge in [-0.1, -0.05) is 23.7 Å². The molecule has 1 amide bonds. The fourth-order valence-corrected chi connectivity index (χ4v) is 4.77. The molecule has 122 valence electrons. The predicted molar refractivity (Wildman–Crippen MR) is 88.8 cm³/mol. The minimum atomic E-state index is -2.87. The summed E-state index contributed by atoms with van der Waals surface area (Å²) in [5, 5.41) is 0.714. The Morgan fingerprint density at radius 3 is 2.59 bits per heavy atom. The topological polar surface area (TPSA) is 54.5 Å². The fraction of sp³-hybridized carbons (Fsp3) is 0.562. The van der Waals surface area contributed by atoms with Gasteiger partial charge in [0.05, 0.1) is 11.5 Å². The van der Waals surface area contributed by atoms with Crippen LogP contribution in [0.4, 0.5) is 0 Å². The number of carbonyl (C=O) groups is 1. The highest BCUT2D eigenvalue weighted by Gasteiger charge is 2.29. The first kappa shape index (κ1) is 17.3. The molecule has 0 N–H and O–H groups in total. The van der Waals surface area contributed by atoms with Crippen LogP contribution in [0.3, 0.4) is 0 Å². The van der Waals surface area contributed by atoms with E-state index in [1.807, 2.05) is 24.3 Å². The first-order valence-electron chi connectivity index (χ1n) is 7.54. The lowest BCUT2D eigenvalue weighted by atomic mass is 10.1. The van der Waals surface area contributed by atoms with Gasteiger partial charge in [-0.25, -0.2) is 8.42 Å². The van der Waals surface area contributed by atoms with E-state index in [1.165, 1.54) is 5.56 Å². The minimum absolute atomic E-state index is 0.0817. The molecule has 0 aliphatic carbocycles. The maximum absolute atomic E-state index is 12.1. The summed E-state index contributed by atoms with van der Waals surface area (Å²) in [5.74, 6) is 0.652. The van der Waals surface area contributed by atoms with Crippen LogP contribution in [0.1, 0.15) is 24.8 Å². The molecule has 1 saturated heterocycles. The molecule has 1 atom stereocenters. The van der Waals surface area contributed by atoms with Crippen LogP contribution >= 0.6 is 11.6 Å². The Kier molecular flexibility index (Phi) is 5.87. The van der Waals surface area contributed by atoms with E-state index in [0.29, 0.717) is 24.4 Å². The van der Waals surface area contributed by atoms with Crippen molar-refractivity contribution < 1.29 is 13.2 Å². The molecular weight excluding hydrogens is 322 g/mol. The lowest BCUT2D eigenvalue weighted by molar-refractivity contribution is -0.130. The zero-order valence-electron chi connectivity index (χ0n) is 12.8. The standard InChI is InChI=1S/C16H22ClNO3S/c1-18(11-14-9-10-22(20,21)12-14)16(19)4-2-3-13-5-7-15(17)8-6-13/h5-8,14H,2-4,9-12H2,1H3/t14-/m1/s1. The van der Waals surface area contributed by atoms with Gasteiger partial charge in [-0.05, 0) is 42.9 Å². The van der Waals surface area contributed by atoms with Crippen LogP contribution in [0.15, 0.2) is 24.3 Å². The third kappa shape index (κ3) is 5.29. The largest absolute Gasteiger partial charge is 0.345 e. The van der Waals surface area contributed by atoms with Crippen LogP contribution in [0.5, 0.6) is 0 Å². The van der Waals surface area contributed by atoms with Crippen molar-refractivity contribution in [2.24, 2.45) is 5.92 Å². The van der Waals surface area contributed by atoms with Crippen molar-refractivity contribution in [3.05, 3.63) is 34.9 Å². The summed E-state index contributed by atoms with van der Waals surface area (Å²) in [4.78, 5) is 13.8. The Morgan fingerprint density at radius 1 is 1.32 bits per heavy atom. The second-order valence-electron chi connectivity index (χ2n) is 6.02. The van der Waals surface area contributed by atoms with Crippen LogP contribution in [-0.2, 0) is 21.1 Å². The number of benzene rings is 1. The molecule has 0 aromatic heterocycles. The highest BCUT2D eigenvalue weighted by atomic mass is 35.5. The number of halogens is 1. The molecule has 0 saturated carbocycles. The molecule has 4 nitrogen and oxygen atoms in total. The molecule has 1 aromatic rings. The van der Waals surface area contributed by atoms with E-state index in [4.69, 9.17) is 11.6 Å². The molecular formula is C16H22ClNO3S. The van der Waals surface area contributed by atoms with Gasteiger partial charge in [0.1, 0.15) is 0 Å². The van der Waals surface area contributed by atoms with Crippen molar-refractivity contribution in [3.8, 4) is 0 Å². The number of hydrogen-bond acceptors (Lipinski definition) is 3. The number of rotatable bonds is 6. The third-order valence-electron chi connectivity index (χ3n) is 4.05. The summed E-state index contributed by atoms with van der Waals surface area (Å²) in [5.41, 5.74) is 1.17. The smallest absolute Gasteiger partial charge is 0.222 e. The average molecular weight is 344 g/mol. The van der Waals surface area contributed by atoms with Crippen LogP contribution in [0, 0.1) is 5.92 Å². The van der Waals surface area contributed by atoms with Crippen molar-refractivity contribution in [3.63, 3.8) is 0 Å². The van der Waals surface area contributed by atoms with Crippen molar-refractivity contribution in [2.75, 3.05) is 25.1 Å². The molecule has 2 rings (SSSR count). The third-order valence-corrected chi connectivity index (χ3v) is 6.14. The van der Waals surface area contributed by atoms with Crippen LogP contribution < -0.4 is 0 Å². The van der Waals surface area contributed by atoms with Gasteiger partial charge in [0.25, 0.3) is 0 Å². The molecule has 1 fully saturated rings. The second-order valence-corrected chi connectivity index (χ2v) is 8.69. The molecule has 0 unspecified atom stereocenters. The summed E-state index contributed by atoms with van der Waals surface area (Å²) >= 11 is 5.84. The summed E-state index contributed by atoms with van der Waals surface area (Å²) < 4.78 is 22.9. The maximum Gasteiger partial charge on any atom is 0.222 e. The molecule has 1 aliphatic rings. The lowest BCUT2D eigenvalue weighted by Crippen LogP contribution is -2.32. The molecule has 1 heterocycles. The van der Waals surface area contributed by atoms with Gasteiger partial charge >= 0.3 is 0 Å². The summed E-state index contributed by atoms with van der Waals surface area (Å²) in [6, 6.07) is 7.65. The predicted octanol–water partition coefficient (Wildman–Crippen LogP) is 2.56. The Labute approximate surface area is 137 Å². The Balaban J connectivity index is 1.71. The van der Waals surface area contributed by atoms with Crippen LogP contribution in [-0.4, -0.2) is 44.3 Å². The van der Waals surface area contributed by atoms with Gasteiger partial charge in [-0.15, -0.1) is 0 Å². The van der Waals surface area contributed by atoms with Crippen molar-refractivity contribution in [2.45, 2.75) is 25.7 Å². The van der Waals surface area contributed by atoms with Gasteiger partial charge in [-0.3, -0.25) is 4.79 Å². The van der Waals surface area contributed by atoms with Gasteiger partial charge in [0, 0.05) is 25.0 Å². The van der Waals surface area contributed by atoms with Crippen molar-refractivity contribution in [1.82, 2.24) is 4.90 Å². The van der Waals surface area contributed by atoms with Crippen LogP contribution in [0.2, 0.25) is 5.02 Å². The number of sulfone groups is 1. The number of nitrogens with zero attached hydrogens (tertiary/aromatic N) is 1. The van der Waals surface area contributed by atoms with E-state index in [-0.39, 0.29) is 23.3 Å². The maximum atomic E-state index is 12.1. The second kappa shape index (κ2) is 7.47. The van der Waals surface area contributed by atoms with Gasteiger partial charge in [-0.2, -0.15) is 0 Å². The van der Waals surface area contributed by atoms with E-state index in [1.54, 1.807) is 11.9 Å². The SMILES string of the molecule is CN(C[C@H]1CCS(=O)(=O)C1)C(=O)CCCc1ccc(Cl)cc1. The van der Waals surface area contributed by atoms with E-state index < -0.39 is 9.84 Å². The highest BCUT2D eigenvalue weighted by molar-refractivity contribution is 7.91. The summed E-state index contributed by atoms with van der Waals surface area (Å²) in [6.07, 6.45) is 2.78. The first-order valence-corrected chi connectivity index (χ1v) is 9.74. The molecule has 0 radical (unpaired) electrons. The molecule has 1 aliphatic heterocycles. The molecule has 0 bridgehead atoms. The number of aryl methyl sites for hydroxylation is 1. The quantitative estimate of drug-likeness (QED) is 0.797. The Morgan fingerprint density at radius 2 is 2.00 bits per heavy atom. The number of amides is 1.